The molecule has 1 rings (SSSR count). The van der Waals surface area contributed by atoms with E-state index in [-0.39, 0.29) is 16.4 Å². The first-order valence-corrected chi connectivity index (χ1v) is 14.4. The van der Waals surface area contributed by atoms with Crippen molar-refractivity contribution in [1.29, 1.82) is 0 Å². The predicted molar refractivity (Wildman–Crippen MR) is 159 cm³/mol. The van der Waals surface area contributed by atoms with E-state index in [4.69, 9.17) is 11.5 Å². The van der Waals surface area contributed by atoms with Crippen molar-refractivity contribution in [3.8, 4) is 0 Å². The Labute approximate surface area is 219 Å². The van der Waals surface area contributed by atoms with Crippen LogP contribution in [0.2, 0.25) is 0 Å². The third kappa shape index (κ3) is 9.60. The minimum atomic E-state index is -0.197. The maximum atomic E-state index is 6.67. The van der Waals surface area contributed by atoms with Gasteiger partial charge in [0.1, 0.15) is 0 Å². The number of nitrogens with two attached hydrogens (primary N) is 2. The minimum absolute atomic E-state index is 0.0179. The van der Waals surface area contributed by atoms with E-state index < -0.39 is 0 Å². The molecule has 0 aliphatic heterocycles. The van der Waals surface area contributed by atoms with Gasteiger partial charge in [0.05, 0.1) is 0 Å². The van der Waals surface area contributed by atoms with Crippen LogP contribution >= 0.6 is 0 Å². The molecule has 202 valence electrons. The molecule has 0 saturated heterocycles. The summed E-state index contributed by atoms with van der Waals surface area (Å²) in [4.78, 5) is 0. The van der Waals surface area contributed by atoms with Gasteiger partial charge >= 0.3 is 0 Å². The van der Waals surface area contributed by atoms with Crippen molar-refractivity contribution in [3.05, 3.63) is 41.0 Å². The average molecular weight is 485 g/mol. The molecule has 0 heterocycles. The van der Waals surface area contributed by atoms with Crippen LogP contribution in [0.5, 0.6) is 0 Å². The van der Waals surface area contributed by atoms with Crippen LogP contribution in [0.25, 0.3) is 0 Å². The van der Waals surface area contributed by atoms with Gasteiger partial charge in [-0.05, 0) is 98.3 Å². The highest BCUT2D eigenvalue weighted by atomic mass is 14.7. The smallest absolute Gasteiger partial charge is 0.0384 e. The van der Waals surface area contributed by atoms with Crippen LogP contribution in [0.3, 0.4) is 0 Å². The fourth-order valence-corrected chi connectivity index (χ4v) is 5.90. The molecule has 0 amide bonds. The third-order valence-corrected chi connectivity index (χ3v) is 8.13. The lowest BCUT2D eigenvalue weighted by molar-refractivity contribution is 0.139. The summed E-state index contributed by atoms with van der Waals surface area (Å²) >= 11 is 0. The van der Waals surface area contributed by atoms with E-state index in [9.17, 15) is 0 Å². The molecule has 1 aromatic carbocycles. The molecule has 2 heteroatoms. The molecule has 0 aliphatic carbocycles. The number of allylic oxidation sites excluding steroid dienone is 1. The second kappa shape index (κ2) is 13.3. The fraction of sp³-hybridized carbons (Fsp3) is 0.758. The van der Waals surface area contributed by atoms with E-state index >= 15 is 0 Å². The van der Waals surface area contributed by atoms with E-state index in [0.29, 0.717) is 11.8 Å². The van der Waals surface area contributed by atoms with E-state index in [1.807, 2.05) is 0 Å². The molecule has 4 N–H and O–H groups in total. The van der Waals surface area contributed by atoms with Crippen LogP contribution in [0, 0.1) is 31.1 Å². The second-order valence-corrected chi connectivity index (χ2v) is 13.6. The van der Waals surface area contributed by atoms with Crippen LogP contribution in [0.4, 0.5) is 5.69 Å². The molecule has 1 aromatic rings. The summed E-state index contributed by atoms with van der Waals surface area (Å²) < 4.78 is 0. The Morgan fingerprint density at radius 2 is 1.51 bits per heavy atom. The van der Waals surface area contributed by atoms with Crippen LogP contribution < -0.4 is 11.5 Å². The first-order chi connectivity index (χ1) is 16.1. The van der Waals surface area contributed by atoms with Gasteiger partial charge in [-0.3, -0.25) is 0 Å². The zero-order chi connectivity index (χ0) is 27.0. The summed E-state index contributed by atoms with van der Waals surface area (Å²) in [6.07, 6.45) is 14.6. The molecule has 0 radical (unpaired) electrons. The van der Waals surface area contributed by atoms with Crippen molar-refractivity contribution in [2.75, 3.05) is 5.73 Å². The van der Waals surface area contributed by atoms with Gasteiger partial charge < -0.3 is 11.5 Å². The Morgan fingerprint density at radius 1 is 0.943 bits per heavy atom. The molecule has 0 saturated carbocycles. The molecular formula is C33H60N2. The van der Waals surface area contributed by atoms with Crippen molar-refractivity contribution < 1.29 is 0 Å². The largest absolute Gasteiger partial charge is 0.398 e. The first kappa shape index (κ1) is 31.7. The Kier molecular flexibility index (Phi) is 12.1. The van der Waals surface area contributed by atoms with Crippen molar-refractivity contribution in [3.63, 3.8) is 0 Å². The molecule has 2 nitrogen and oxygen atoms in total. The number of nitrogen functional groups attached to an aromatic ring is 1. The summed E-state index contributed by atoms with van der Waals surface area (Å²) in [5, 5.41) is 0. The van der Waals surface area contributed by atoms with Crippen LogP contribution in [0.15, 0.2) is 18.7 Å². The van der Waals surface area contributed by atoms with E-state index in [1.165, 1.54) is 73.6 Å². The normalized spacial score (nSPS) is 15.3. The van der Waals surface area contributed by atoms with Gasteiger partial charge in [0.15, 0.2) is 0 Å². The van der Waals surface area contributed by atoms with E-state index in [0.717, 1.165) is 18.5 Å². The van der Waals surface area contributed by atoms with Gasteiger partial charge in [-0.25, -0.2) is 0 Å². The zero-order valence-electron chi connectivity index (χ0n) is 25.2. The SMILES string of the molecule is C=CC(CCCCCCCC)(Cc1cc(C(C)(C)C)c(N)c(C)c1C)C(CC(C)C)CC(C)(C)N. The lowest BCUT2D eigenvalue weighted by atomic mass is 9.62. The Morgan fingerprint density at radius 3 is 2.00 bits per heavy atom. The first-order valence-electron chi connectivity index (χ1n) is 14.4. The quantitative estimate of drug-likeness (QED) is 0.148. The van der Waals surface area contributed by atoms with Crippen molar-refractivity contribution >= 4 is 5.69 Å². The fourth-order valence-electron chi connectivity index (χ4n) is 5.90. The van der Waals surface area contributed by atoms with Gasteiger partial charge in [0.25, 0.3) is 0 Å². The van der Waals surface area contributed by atoms with Crippen LogP contribution in [-0.4, -0.2) is 5.54 Å². The zero-order valence-corrected chi connectivity index (χ0v) is 25.2. The summed E-state index contributed by atoms with van der Waals surface area (Å²) in [6.45, 7) is 27.1. The maximum Gasteiger partial charge on any atom is 0.0384 e. The van der Waals surface area contributed by atoms with E-state index in [1.54, 1.807) is 0 Å². The number of anilines is 1. The van der Waals surface area contributed by atoms with Crippen molar-refractivity contribution in [1.82, 2.24) is 0 Å². The Bertz CT molecular complexity index is 791. The summed E-state index contributed by atoms with van der Waals surface area (Å²) in [7, 11) is 0. The number of hydrogen-bond acceptors (Lipinski definition) is 2. The highest BCUT2D eigenvalue weighted by Crippen LogP contribution is 2.46. The molecular weight excluding hydrogens is 424 g/mol. The predicted octanol–water partition coefficient (Wildman–Crippen LogP) is 9.44. The summed E-state index contributed by atoms with van der Waals surface area (Å²) in [5.41, 5.74) is 19.4. The maximum absolute atomic E-state index is 6.67. The number of rotatable bonds is 15. The molecule has 0 bridgehead atoms. The number of benzene rings is 1. The van der Waals surface area contributed by atoms with Gasteiger partial charge in [0, 0.05) is 11.2 Å². The lowest BCUT2D eigenvalue weighted by Gasteiger charge is -2.43. The van der Waals surface area contributed by atoms with Crippen LogP contribution in [0.1, 0.15) is 135 Å². The highest BCUT2D eigenvalue weighted by molar-refractivity contribution is 5.61. The Balaban J connectivity index is 3.53. The molecule has 0 fully saturated rings. The van der Waals surface area contributed by atoms with Crippen LogP contribution in [-0.2, 0) is 11.8 Å². The average Bonchev–Trinajstić information content (AvgIpc) is 2.72. The van der Waals surface area contributed by atoms with Gasteiger partial charge in [-0.15, -0.1) is 6.58 Å². The molecule has 35 heavy (non-hydrogen) atoms. The third-order valence-electron chi connectivity index (χ3n) is 8.13. The minimum Gasteiger partial charge on any atom is -0.398 e. The standard InChI is InChI=1S/C33H60N2/c1-12-14-15-16-17-18-19-33(13-2,28(20-24(3)4)23-32(10,11)35)22-27-21-29(31(7,8)9)30(34)26(6)25(27)5/h13,21,24,28H,2,12,14-20,22-23,34-35H2,1,3-11H3. The number of unbranched alkanes of at least 4 members (excludes halogenated alkanes) is 5. The molecule has 0 aromatic heterocycles. The highest BCUT2D eigenvalue weighted by Gasteiger charge is 2.39. The number of hydrogen-bond donors (Lipinski definition) is 2. The Hall–Kier alpha value is -1.28. The van der Waals surface area contributed by atoms with Gasteiger partial charge in [0.2, 0.25) is 0 Å². The van der Waals surface area contributed by atoms with E-state index in [2.05, 4.69) is 88.0 Å². The molecule has 0 spiro atoms. The molecule has 0 aliphatic rings. The van der Waals surface area contributed by atoms with Crippen molar-refractivity contribution in [2.24, 2.45) is 23.0 Å². The second-order valence-electron chi connectivity index (χ2n) is 13.6. The van der Waals surface area contributed by atoms with Crippen molar-refractivity contribution in [2.45, 2.75) is 144 Å². The van der Waals surface area contributed by atoms with Gasteiger partial charge in [-0.2, -0.15) is 0 Å². The van der Waals surface area contributed by atoms with Gasteiger partial charge in [-0.1, -0.05) is 92.2 Å². The topological polar surface area (TPSA) is 52.0 Å². The monoisotopic (exact) mass is 484 g/mol. The molecule has 2 unspecified atom stereocenters. The lowest BCUT2D eigenvalue weighted by Crippen LogP contribution is -2.41. The molecule has 2 atom stereocenters. The summed E-state index contributed by atoms with van der Waals surface area (Å²) in [6, 6.07) is 2.41. The summed E-state index contributed by atoms with van der Waals surface area (Å²) in [5.74, 6) is 1.14.